The van der Waals surface area contributed by atoms with E-state index in [1.807, 2.05) is 6.07 Å². The SMILES string of the molecule is COc1ccc(C2CC2CNC2CC2)cc1OC(F)F. The molecule has 110 valence electrons. The van der Waals surface area contributed by atoms with Crippen molar-refractivity contribution in [3.05, 3.63) is 23.8 Å². The molecule has 0 aliphatic heterocycles. The Labute approximate surface area is 117 Å². The molecule has 2 aliphatic carbocycles. The van der Waals surface area contributed by atoms with Crippen LogP contribution >= 0.6 is 0 Å². The number of alkyl halides is 2. The summed E-state index contributed by atoms with van der Waals surface area (Å²) in [5, 5.41) is 3.51. The van der Waals surface area contributed by atoms with Crippen LogP contribution in [0.3, 0.4) is 0 Å². The largest absolute Gasteiger partial charge is 0.493 e. The minimum atomic E-state index is -2.83. The van der Waals surface area contributed by atoms with Crippen molar-refractivity contribution in [3.63, 3.8) is 0 Å². The minimum Gasteiger partial charge on any atom is -0.493 e. The normalized spacial score (nSPS) is 24.8. The van der Waals surface area contributed by atoms with Gasteiger partial charge in [0.1, 0.15) is 0 Å². The van der Waals surface area contributed by atoms with Gasteiger partial charge in [0, 0.05) is 6.04 Å². The van der Waals surface area contributed by atoms with Crippen LogP contribution in [-0.2, 0) is 0 Å². The lowest BCUT2D eigenvalue weighted by molar-refractivity contribution is -0.0512. The van der Waals surface area contributed by atoms with Crippen molar-refractivity contribution >= 4 is 0 Å². The van der Waals surface area contributed by atoms with E-state index < -0.39 is 6.61 Å². The summed E-state index contributed by atoms with van der Waals surface area (Å²) in [6.07, 6.45) is 3.68. The third-order valence-corrected chi connectivity index (χ3v) is 4.00. The van der Waals surface area contributed by atoms with E-state index in [0.29, 0.717) is 23.6 Å². The van der Waals surface area contributed by atoms with Crippen molar-refractivity contribution in [1.82, 2.24) is 5.32 Å². The summed E-state index contributed by atoms with van der Waals surface area (Å²) < 4.78 is 34.4. The predicted molar refractivity (Wildman–Crippen MR) is 71.5 cm³/mol. The van der Waals surface area contributed by atoms with Gasteiger partial charge in [-0.3, -0.25) is 0 Å². The maximum Gasteiger partial charge on any atom is 0.387 e. The van der Waals surface area contributed by atoms with Crippen molar-refractivity contribution in [2.24, 2.45) is 5.92 Å². The van der Waals surface area contributed by atoms with Gasteiger partial charge in [0.15, 0.2) is 11.5 Å². The zero-order chi connectivity index (χ0) is 14.1. The molecule has 5 heteroatoms. The maximum absolute atomic E-state index is 12.4. The van der Waals surface area contributed by atoms with Crippen LogP contribution < -0.4 is 14.8 Å². The lowest BCUT2D eigenvalue weighted by Gasteiger charge is -2.11. The van der Waals surface area contributed by atoms with Crippen LogP contribution in [0.25, 0.3) is 0 Å². The Kier molecular flexibility index (Phi) is 3.78. The molecule has 0 aromatic heterocycles. The van der Waals surface area contributed by atoms with E-state index in [2.05, 4.69) is 10.1 Å². The van der Waals surface area contributed by atoms with E-state index in [9.17, 15) is 8.78 Å². The van der Waals surface area contributed by atoms with Crippen molar-refractivity contribution in [1.29, 1.82) is 0 Å². The molecule has 2 aliphatic rings. The molecule has 0 amide bonds. The number of benzene rings is 1. The number of nitrogens with one attached hydrogen (secondary N) is 1. The van der Waals surface area contributed by atoms with Gasteiger partial charge in [-0.05, 0) is 55.3 Å². The summed E-state index contributed by atoms with van der Waals surface area (Å²) in [5.41, 5.74) is 1.06. The van der Waals surface area contributed by atoms with Gasteiger partial charge in [-0.2, -0.15) is 8.78 Å². The molecule has 20 heavy (non-hydrogen) atoms. The number of hydrogen-bond acceptors (Lipinski definition) is 3. The standard InChI is InChI=1S/C15H19F2NO2/c1-19-13-5-2-9(7-14(13)20-15(16)17)12-6-10(12)8-18-11-3-4-11/h2,5,7,10-12,15,18H,3-4,6,8H2,1H3. The number of methoxy groups -OCH3 is 1. The molecular formula is C15H19F2NO2. The van der Waals surface area contributed by atoms with E-state index in [0.717, 1.165) is 18.5 Å². The predicted octanol–water partition coefficient (Wildman–Crippen LogP) is 3.15. The molecule has 0 spiro atoms. The topological polar surface area (TPSA) is 30.5 Å². The Morgan fingerprint density at radius 3 is 2.75 bits per heavy atom. The maximum atomic E-state index is 12.4. The van der Waals surface area contributed by atoms with Gasteiger partial charge in [-0.15, -0.1) is 0 Å². The Morgan fingerprint density at radius 2 is 2.10 bits per heavy atom. The fourth-order valence-electron chi connectivity index (χ4n) is 2.60. The van der Waals surface area contributed by atoms with Crippen LogP contribution in [0.2, 0.25) is 0 Å². The van der Waals surface area contributed by atoms with Gasteiger partial charge in [-0.25, -0.2) is 0 Å². The Hall–Kier alpha value is -1.36. The van der Waals surface area contributed by atoms with E-state index >= 15 is 0 Å². The molecule has 0 bridgehead atoms. The highest BCUT2D eigenvalue weighted by Gasteiger charge is 2.39. The average Bonchev–Trinajstić information content (AvgIpc) is 3.30. The van der Waals surface area contributed by atoms with Crippen LogP contribution in [0.5, 0.6) is 11.5 Å². The number of rotatable bonds is 7. The molecule has 0 radical (unpaired) electrons. The molecule has 2 unspecified atom stereocenters. The smallest absolute Gasteiger partial charge is 0.387 e. The lowest BCUT2D eigenvalue weighted by atomic mass is 10.1. The summed E-state index contributed by atoms with van der Waals surface area (Å²) in [7, 11) is 1.45. The second-order valence-corrected chi connectivity index (χ2v) is 5.57. The van der Waals surface area contributed by atoms with Gasteiger partial charge in [0.05, 0.1) is 7.11 Å². The Bertz CT molecular complexity index is 477. The molecular weight excluding hydrogens is 264 g/mol. The first-order valence-corrected chi connectivity index (χ1v) is 7.03. The Balaban J connectivity index is 1.64. The quantitative estimate of drug-likeness (QED) is 0.834. The van der Waals surface area contributed by atoms with Crippen LogP contribution in [-0.4, -0.2) is 26.3 Å². The first-order valence-electron chi connectivity index (χ1n) is 7.03. The van der Waals surface area contributed by atoms with Gasteiger partial charge in [0.2, 0.25) is 0 Å². The van der Waals surface area contributed by atoms with Crippen molar-refractivity contribution in [2.75, 3.05) is 13.7 Å². The van der Waals surface area contributed by atoms with E-state index in [1.54, 1.807) is 12.1 Å². The minimum absolute atomic E-state index is 0.126. The summed E-state index contributed by atoms with van der Waals surface area (Å²) in [6, 6.07) is 6.05. The summed E-state index contributed by atoms with van der Waals surface area (Å²) >= 11 is 0. The monoisotopic (exact) mass is 283 g/mol. The molecule has 2 atom stereocenters. The summed E-state index contributed by atoms with van der Waals surface area (Å²) in [5.74, 6) is 1.54. The third-order valence-electron chi connectivity index (χ3n) is 4.00. The number of hydrogen-bond donors (Lipinski definition) is 1. The molecule has 0 saturated heterocycles. The summed E-state index contributed by atoms with van der Waals surface area (Å²) in [4.78, 5) is 0. The molecule has 1 aromatic rings. The third kappa shape index (κ3) is 3.20. The van der Waals surface area contributed by atoms with Crippen LogP contribution in [0.15, 0.2) is 18.2 Å². The second-order valence-electron chi connectivity index (χ2n) is 5.57. The van der Waals surface area contributed by atoms with Crippen LogP contribution in [0.4, 0.5) is 8.78 Å². The van der Waals surface area contributed by atoms with Gasteiger partial charge in [0.25, 0.3) is 0 Å². The second kappa shape index (κ2) is 5.56. The van der Waals surface area contributed by atoms with Crippen molar-refractivity contribution in [3.8, 4) is 11.5 Å². The molecule has 2 fully saturated rings. The van der Waals surface area contributed by atoms with Gasteiger partial charge < -0.3 is 14.8 Å². The van der Waals surface area contributed by atoms with E-state index in [4.69, 9.17) is 4.74 Å². The van der Waals surface area contributed by atoms with Crippen molar-refractivity contribution in [2.45, 2.75) is 37.8 Å². The first kappa shape index (κ1) is 13.6. The molecule has 3 nitrogen and oxygen atoms in total. The molecule has 1 N–H and O–H groups in total. The zero-order valence-electron chi connectivity index (χ0n) is 11.4. The highest BCUT2D eigenvalue weighted by molar-refractivity contribution is 5.45. The van der Waals surface area contributed by atoms with Gasteiger partial charge >= 0.3 is 6.61 Å². The molecule has 0 heterocycles. The Morgan fingerprint density at radius 1 is 1.30 bits per heavy atom. The number of ether oxygens (including phenoxy) is 2. The number of halogens is 2. The molecule has 1 aromatic carbocycles. The van der Waals surface area contributed by atoms with E-state index in [-0.39, 0.29) is 5.75 Å². The van der Waals surface area contributed by atoms with Crippen LogP contribution in [0, 0.1) is 5.92 Å². The lowest BCUT2D eigenvalue weighted by Crippen LogP contribution is -2.19. The zero-order valence-corrected chi connectivity index (χ0v) is 11.4. The van der Waals surface area contributed by atoms with E-state index in [1.165, 1.54) is 20.0 Å². The van der Waals surface area contributed by atoms with Crippen LogP contribution in [0.1, 0.15) is 30.7 Å². The molecule has 2 saturated carbocycles. The highest BCUT2D eigenvalue weighted by atomic mass is 19.3. The summed E-state index contributed by atoms with van der Waals surface area (Å²) in [6.45, 7) is -1.81. The average molecular weight is 283 g/mol. The fourth-order valence-corrected chi connectivity index (χ4v) is 2.60. The van der Waals surface area contributed by atoms with Crippen molar-refractivity contribution < 1.29 is 18.3 Å². The first-order chi connectivity index (χ1) is 9.67. The fraction of sp³-hybridized carbons (Fsp3) is 0.600. The van der Waals surface area contributed by atoms with Gasteiger partial charge in [-0.1, -0.05) is 6.07 Å². The molecule has 3 rings (SSSR count). The highest BCUT2D eigenvalue weighted by Crippen LogP contribution is 2.49.